The molecule has 0 unspecified atom stereocenters. The minimum atomic E-state index is 0.125. The van der Waals surface area contributed by atoms with Gasteiger partial charge in [0, 0.05) is 19.2 Å². The first kappa shape index (κ1) is 11.6. The maximum Gasteiger partial charge on any atom is 0.246 e. The van der Waals surface area contributed by atoms with E-state index in [2.05, 4.69) is 0 Å². The number of benzene rings is 1. The van der Waals surface area contributed by atoms with Gasteiger partial charge in [0.25, 0.3) is 0 Å². The normalized spacial score (nSPS) is 16.1. The monoisotopic (exact) mass is 227 g/mol. The van der Waals surface area contributed by atoms with Crippen LogP contribution in [0.2, 0.25) is 0 Å². The number of amides is 1. The molecule has 1 saturated heterocycles. The average Bonchev–Trinajstić information content (AvgIpc) is 2.89. The minimum absolute atomic E-state index is 0.125. The van der Waals surface area contributed by atoms with Crippen LogP contribution < -0.4 is 0 Å². The lowest BCUT2D eigenvalue weighted by Crippen LogP contribution is -2.25. The van der Waals surface area contributed by atoms with Crippen molar-refractivity contribution >= 4 is 12.0 Å². The molecule has 1 amide bonds. The largest absolute Gasteiger partial charge is 0.339 e. The fourth-order valence-corrected chi connectivity index (χ4v) is 1.91. The molecule has 0 aliphatic carbocycles. The maximum absolute atomic E-state index is 11.7. The summed E-state index contributed by atoms with van der Waals surface area (Å²) in [5.74, 6) is 0.125. The second kappa shape index (κ2) is 6.04. The number of carbonyl (C=O) groups is 1. The Hall–Kier alpha value is -1.83. The van der Waals surface area contributed by atoms with Gasteiger partial charge in [0.2, 0.25) is 5.91 Å². The molecule has 2 nitrogen and oxygen atoms in total. The molecule has 0 saturated carbocycles. The fraction of sp³-hybridized carbons (Fsp3) is 0.267. The van der Waals surface area contributed by atoms with E-state index >= 15 is 0 Å². The number of likely N-dealkylation sites (tertiary alicyclic amines) is 1. The second-order valence-electron chi connectivity index (χ2n) is 4.16. The highest BCUT2D eigenvalue weighted by atomic mass is 16.2. The number of hydrogen-bond donors (Lipinski definition) is 0. The summed E-state index contributed by atoms with van der Waals surface area (Å²) in [6, 6.07) is 10.1. The van der Waals surface area contributed by atoms with Crippen molar-refractivity contribution in [3.8, 4) is 0 Å². The van der Waals surface area contributed by atoms with Gasteiger partial charge in [0.1, 0.15) is 0 Å². The Morgan fingerprint density at radius 2 is 1.76 bits per heavy atom. The third kappa shape index (κ3) is 3.59. The van der Waals surface area contributed by atoms with Gasteiger partial charge < -0.3 is 4.90 Å². The highest BCUT2D eigenvalue weighted by molar-refractivity contribution is 5.88. The highest BCUT2D eigenvalue weighted by Crippen LogP contribution is 2.07. The highest BCUT2D eigenvalue weighted by Gasteiger charge is 2.14. The summed E-state index contributed by atoms with van der Waals surface area (Å²) in [5, 5.41) is 0. The molecule has 0 N–H and O–H groups in total. The SMILES string of the molecule is O=C(/C=C/C=C/c1ccccc1)N1CCCC1. The zero-order chi connectivity index (χ0) is 11.9. The molecule has 1 aromatic carbocycles. The van der Waals surface area contributed by atoms with Gasteiger partial charge in [0.05, 0.1) is 0 Å². The van der Waals surface area contributed by atoms with Crippen molar-refractivity contribution in [1.29, 1.82) is 0 Å². The lowest BCUT2D eigenvalue weighted by Gasteiger charge is -2.11. The molecule has 88 valence electrons. The standard InChI is InChI=1S/C15H17NO/c17-15(16-12-6-7-13-16)11-5-4-10-14-8-2-1-3-9-14/h1-5,8-11H,6-7,12-13H2/b10-4+,11-5+. The predicted molar refractivity (Wildman–Crippen MR) is 70.4 cm³/mol. The van der Waals surface area contributed by atoms with E-state index < -0.39 is 0 Å². The zero-order valence-corrected chi connectivity index (χ0v) is 9.88. The topological polar surface area (TPSA) is 20.3 Å². The van der Waals surface area contributed by atoms with Crippen LogP contribution in [0.25, 0.3) is 6.08 Å². The van der Waals surface area contributed by atoms with Gasteiger partial charge in [-0.3, -0.25) is 4.79 Å². The minimum Gasteiger partial charge on any atom is -0.339 e. The first-order chi connectivity index (χ1) is 8.36. The second-order valence-corrected chi connectivity index (χ2v) is 4.16. The Balaban J connectivity index is 1.85. The predicted octanol–water partition coefficient (Wildman–Crippen LogP) is 2.88. The molecular formula is C15H17NO. The van der Waals surface area contributed by atoms with Crippen LogP contribution in [0.1, 0.15) is 18.4 Å². The molecule has 0 aromatic heterocycles. The van der Waals surface area contributed by atoms with Crippen LogP contribution in [-0.4, -0.2) is 23.9 Å². The van der Waals surface area contributed by atoms with E-state index in [0.717, 1.165) is 31.5 Å². The van der Waals surface area contributed by atoms with E-state index in [9.17, 15) is 4.79 Å². The summed E-state index contributed by atoms with van der Waals surface area (Å²) < 4.78 is 0. The lowest BCUT2D eigenvalue weighted by atomic mass is 10.2. The van der Waals surface area contributed by atoms with E-state index in [4.69, 9.17) is 0 Å². The number of nitrogens with zero attached hydrogens (tertiary/aromatic N) is 1. The van der Waals surface area contributed by atoms with Crippen molar-refractivity contribution in [1.82, 2.24) is 4.90 Å². The van der Waals surface area contributed by atoms with Gasteiger partial charge in [-0.25, -0.2) is 0 Å². The maximum atomic E-state index is 11.7. The van der Waals surface area contributed by atoms with Gasteiger partial charge in [-0.15, -0.1) is 0 Å². The molecule has 1 heterocycles. The first-order valence-electron chi connectivity index (χ1n) is 6.05. The van der Waals surface area contributed by atoms with Gasteiger partial charge in [-0.1, -0.05) is 48.6 Å². The fourth-order valence-electron chi connectivity index (χ4n) is 1.91. The molecule has 1 aliphatic heterocycles. The molecular weight excluding hydrogens is 210 g/mol. The van der Waals surface area contributed by atoms with Crippen LogP contribution in [0.5, 0.6) is 0 Å². The quantitative estimate of drug-likeness (QED) is 0.574. The molecule has 2 rings (SSSR count). The van der Waals surface area contributed by atoms with E-state index in [1.54, 1.807) is 6.08 Å². The van der Waals surface area contributed by atoms with Gasteiger partial charge >= 0.3 is 0 Å². The van der Waals surface area contributed by atoms with Crippen molar-refractivity contribution in [2.75, 3.05) is 13.1 Å². The average molecular weight is 227 g/mol. The van der Waals surface area contributed by atoms with Crippen LogP contribution >= 0.6 is 0 Å². The van der Waals surface area contributed by atoms with Crippen LogP contribution in [0.4, 0.5) is 0 Å². The Labute approximate surface area is 102 Å². The Morgan fingerprint density at radius 3 is 2.47 bits per heavy atom. The Morgan fingerprint density at radius 1 is 1.06 bits per heavy atom. The van der Waals surface area contributed by atoms with Crippen molar-refractivity contribution < 1.29 is 4.79 Å². The number of allylic oxidation sites excluding steroid dienone is 2. The third-order valence-corrected chi connectivity index (χ3v) is 2.86. The van der Waals surface area contributed by atoms with E-state index in [1.165, 1.54) is 0 Å². The van der Waals surface area contributed by atoms with Gasteiger partial charge in [-0.05, 0) is 18.4 Å². The molecule has 2 heteroatoms. The van der Waals surface area contributed by atoms with Crippen molar-refractivity contribution in [2.45, 2.75) is 12.8 Å². The molecule has 1 fully saturated rings. The molecule has 0 atom stereocenters. The van der Waals surface area contributed by atoms with Crippen LogP contribution in [0.15, 0.2) is 48.6 Å². The summed E-state index contributed by atoms with van der Waals surface area (Å²) in [7, 11) is 0. The summed E-state index contributed by atoms with van der Waals surface area (Å²) in [6.45, 7) is 1.82. The molecule has 0 radical (unpaired) electrons. The van der Waals surface area contributed by atoms with Gasteiger partial charge in [0.15, 0.2) is 0 Å². The number of hydrogen-bond acceptors (Lipinski definition) is 1. The molecule has 0 spiro atoms. The van der Waals surface area contributed by atoms with Crippen LogP contribution in [-0.2, 0) is 4.79 Å². The zero-order valence-electron chi connectivity index (χ0n) is 9.88. The summed E-state index contributed by atoms with van der Waals surface area (Å²) in [6.07, 6.45) is 9.63. The van der Waals surface area contributed by atoms with Crippen molar-refractivity contribution in [2.24, 2.45) is 0 Å². The molecule has 17 heavy (non-hydrogen) atoms. The van der Waals surface area contributed by atoms with Crippen molar-refractivity contribution in [3.63, 3.8) is 0 Å². The Kier molecular flexibility index (Phi) is 4.14. The molecule has 0 bridgehead atoms. The van der Waals surface area contributed by atoms with Crippen LogP contribution in [0.3, 0.4) is 0 Å². The summed E-state index contributed by atoms with van der Waals surface area (Å²) in [5.41, 5.74) is 1.14. The molecule has 1 aromatic rings. The molecule has 1 aliphatic rings. The summed E-state index contributed by atoms with van der Waals surface area (Å²) >= 11 is 0. The number of carbonyl (C=O) groups excluding carboxylic acids is 1. The number of rotatable bonds is 3. The van der Waals surface area contributed by atoms with E-state index in [-0.39, 0.29) is 5.91 Å². The van der Waals surface area contributed by atoms with Crippen molar-refractivity contribution in [3.05, 3.63) is 54.1 Å². The van der Waals surface area contributed by atoms with Gasteiger partial charge in [-0.2, -0.15) is 0 Å². The van der Waals surface area contributed by atoms with E-state index in [0.29, 0.717) is 0 Å². The lowest BCUT2D eigenvalue weighted by molar-refractivity contribution is -0.124. The van der Waals surface area contributed by atoms with E-state index in [1.807, 2.05) is 53.5 Å². The van der Waals surface area contributed by atoms with Crippen LogP contribution in [0, 0.1) is 0 Å². The third-order valence-electron chi connectivity index (χ3n) is 2.86. The summed E-state index contributed by atoms with van der Waals surface area (Å²) in [4.78, 5) is 13.6. The smallest absolute Gasteiger partial charge is 0.246 e. The Bertz CT molecular complexity index is 414. The first-order valence-corrected chi connectivity index (χ1v) is 6.05.